The predicted molar refractivity (Wildman–Crippen MR) is 100 cm³/mol. The Morgan fingerprint density at radius 2 is 2.22 bits per heavy atom. The summed E-state index contributed by atoms with van der Waals surface area (Å²) in [7, 11) is 0. The summed E-state index contributed by atoms with van der Waals surface area (Å²) in [6.45, 7) is -0.883. The molecule has 0 aliphatic carbocycles. The van der Waals surface area contributed by atoms with Crippen molar-refractivity contribution in [1.29, 1.82) is 0 Å². The number of aliphatic carboxylic acids is 1. The number of carboxylic acid groups (broad SMARTS) is 1. The average Bonchev–Trinajstić information content (AvgIpc) is 3.16. The highest BCUT2D eigenvalue weighted by atomic mass is 16.5. The van der Waals surface area contributed by atoms with Crippen molar-refractivity contribution in [2.45, 2.75) is 57.6 Å². The van der Waals surface area contributed by atoms with Gasteiger partial charge in [0, 0.05) is 9.29 Å². The molecule has 148 valence electrons. The van der Waals surface area contributed by atoms with Crippen LogP contribution in [0.2, 0.25) is 1.41 Å². The van der Waals surface area contributed by atoms with Gasteiger partial charge in [0.2, 0.25) is 5.91 Å². The first-order valence-corrected chi connectivity index (χ1v) is 8.88. The van der Waals surface area contributed by atoms with E-state index >= 15 is 0 Å². The number of carboxylic acids is 1. The molecule has 7 heteroatoms. The van der Waals surface area contributed by atoms with Gasteiger partial charge in [-0.05, 0) is 45.0 Å². The minimum atomic E-state index is -2.94. The van der Waals surface area contributed by atoms with Gasteiger partial charge in [-0.25, -0.2) is 4.79 Å². The van der Waals surface area contributed by atoms with Crippen LogP contribution in [0.4, 0.5) is 0 Å². The number of esters is 1. The Morgan fingerprint density at radius 1 is 1.48 bits per heavy atom. The number of likely N-dealkylation sites (tertiary alicyclic amines) is 1. The second kappa shape index (κ2) is 10.1. The van der Waals surface area contributed by atoms with E-state index in [1.54, 1.807) is 31.2 Å². The molecule has 2 N–H and O–H groups in total. The minimum Gasteiger partial charge on any atom is -0.480 e. The van der Waals surface area contributed by atoms with Gasteiger partial charge in [-0.3, -0.25) is 14.9 Å². The minimum absolute atomic E-state index is 0.0143. The van der Waals surface area contributed by atoms with E-state index in [4.69, 9.17) is 11.6 Å². The molecule has 2 rings (SSSR count). The lowest BCUT2D eigenvalue weighted by atomic mass is 10.0. The van der Waals surface area contributed by atoms with Crippen molar-refractivity contribution in [2.24, 2.45) is 0 Å². The summed E-state index contributed by atoms with van der Waals surface area (Å²) in [5.74, 6) is -3.83. The summed E-state index contributed by atoms with van der Waals surface area (Å²) < 4.78 is 45.9. The van der Waals surface area contributed by atoms with E-state index in [0.29, 0.717) is 11.3 Å². The van der Waals surface area contributed by atoms with E-state index in [9.17, 15) is 19.5 Å². The molecule has 1 aliphatic heterocycles. The van der Waals surface area contributed by atoms with Crippen LogP contribution in [0, 0.1) is 0 Å². The van der Waals surface area contributed by atoms with Crippen molar-refractivity contribution in [3.05, 3.63) is 35.9 Å². The monoisotopic (exact) mass is 381 g/mol. The van der Waals surface area contributed by atoms with Gasteiger partial charge < -0.3 is 14.7 Å². The second-order valence-corrected chi connectivity index (χ2v) is 6.12. The molecule has 0 spiro atoms. The number of ether oxygens (including phenoxy) is 1. The van der Waals surface area contributed by atoms with Crippen LogP contribution in [-0.4, -0.2) is 59.1 Å². The predicted octanol–water partition coefficient (Wildman–Crippen LogP) is 1.60. The molecular weight excluding hydrogens is 348 g/mol. The van der Waals surface area contributed by atoms with Gasteiger partial charge in [0.25, 0.3) is 0 Å². The van der Waals surface area contributed by atoms with Gasteiger partial charge in [-0.15, -0.1) is 0 Å². The Kier molecular flexibility index (Phi) is 5.45. The van der Waals surface area contributed by atoms with Crippen LogP contribution in [0.1, 0.15) is 44.1 Å². The van der Waals surface area contributed by atoms with E-state index in [0.717, 1.165) is 5.56 Å². The molecule has 1 heterocycles. The van der Waals surface area contributed by atoms with Crippen molar-refractivity contribution >= 4 is 17.8 Å². The number of carbonyl (C=O) groups is 3. The second-order valence-electron chi connectivity index (χ2n) is 6.12. The Hall–Kier alpha value is -2.41. The van der Waals surface area contributed by atoms with Crippen molar-refractivity contribution in [3.8, 4) is 0 Å². The summed E-state index contributed by atoms with van der Waals surface area (Å²) >= 11 is 0. The first-order chi connectivity index (χ1) is 15.0. The summed E-state index contributed by atoms with van der Waals surface area (Å²) in [4.78, 5) is 38.1. The fourth-order valence-electron chi connectivity index (χ4n) is 2.90. The zero-order valence-corrected chi connectivity index (χ0v) is 15.3. The normalized spacial score (nSPS) is 25.6. The number of nitrogens with one attached hydrogen (secondary N) is 1. The van der Waals surface area contributed by atoms with Crippen molar-refractivity contribution in [3.63, 3.8) is 0 Å². The molecule has 1 saturated heterocycles. The van der Waals surface area contributed by atoms with Crippen molar-refractivity contribution < 1.29 is 31.1 Å². The highest BCUT2D eigenvalue weighted by Gasteiger charge is 2.36. The van der Waals surface area contributed by atoms with Crippen molar-refractivity contribution in [1.82, 2.24) is 10.2 Å². The number of hydrogen-bond donors (Lipinski definition) is 2. The van der Waals surface area contributed by atoms with Gasteiger partial charge in [-0.2, -0.15) is 0 Å². The Balaban J connectivity index is 2.38. The number of benzene rings is 1. The molecule has 1 fully saturated rings. The van der Waals surface area contributed by atoms with Gasteiger partial charge >= 0.3 is 11.9 Å². The van der Waals surface area contributed by atoms with E-state index in [1.165, 1.54) is 0 Å². The first-order valence-electron chi connectivity index (χ1n) is 11.5. The van der Waals surface area contributed by atoms with E-state index in [2.05, 4.69) is 0 Å². The maximum atomic E-state index is 13.2. The number of hydrogen-bond acceptors (Lipinski definition) is 5. The molecule has 7 nitrogen and oxygen atoms in total. The van der Waals surface area contributed by atoms with Crippen LogP contribution in [-0.2, 0) is 25.5 Å². The average molecular weight is 381 g/mol. The van der Waals surface area contributed by atoms with Crippen molar-refractivity contribution in [2.75, 3.05) is 13.2 Å². The SMILES string of the molecule is [2H]C([2H])C([2H])(C(=O)N1CCC[C@@]1([2H])C(=O)O)N([2H])[C@@H](CCc1ccccc1)C(=O)OCC. The summed E-state index contributed by atoms with van der Waals surface area (Å²) in [5, 5.41) is 9.71. The molecule has 1 aliphatic rings. The number of amides is 1. The molecule has 0 radical (unpaired) electrons. The molecule has 27 heavy (non-hydrogen) atoms. The lowest BCUT2D eigenvalue weighted by Gasteiger charge is -2.27. The molecule has 1 aromatic carbocycles. The molecule has 1 amide bonds. The summed E-state index contributed by atoms with van der Waals surface area (Å²) in [6.07, 6.45) is 0.271. The lowest BCUT2D eigenvalue weighted by Crippen LogP contribution is -2.53. The maximum Gasteiger partial charge on any atom is 0.326 e. The zero-order valence-electron chi connectivity index (χ0n) is 20.3. The Morgan fingerprint density at radius 3 is 2.85 bits per heavy atom. The highest BCUT2D eigenvalue weighted by Crippen LogP contribution is 2.19. The van der Waals surface area contributed by atoms with E-state index in [-0.39, 0.29) is 37.7 Å². The van der Waals surface area contributed by atoms with Crippen LogP contribution >= 0.6 is 0 Å². The molecule has 0 bridgehead atoms. The van der Waals surface area contributed by atoms with E-state index < -0.39 is 42.8 Å². The third-order valence-electron chi connectivity index (χ3n) is 4.24. The number of aryl methyl sites for hydroxylation is 1. The van der Waals surface area contributed by atoms with Crippen LogP contribution in [0.25, 0.3) is 0 Å². The third kappa shape index (κ3) is 5.79. The topological polar surface area (TPSA) is 95.9 Å². The fourth-order valence-corrected chi connectivity index (χ4v) is 2.90. The maximum absolute atomic E-state index is 13.2. The van der Waals surface area contributed by atoms with Gasteiger partial charge in [0.05, 0.1) is 15.4 Å². The zero-order chi connectivity index (χ0) is 24.1. The van der Waals surface area contributed by atoms with Gasteiger partial charge in [-0.1, -0.05) is 30.3 Å². The number of nitrogens with zero attached hydrogens (tertiary/aromatic N) is 1. The lowest BCUT2D eigenvalue weighted by molar-refractivity contribution is -0.150. The van der Waals surface area contributed by atoms with Crippen LogP contribution in [0.5, 0.6) is 0 Å². The van der Waals surface area contributed by atoms with Gasteiger partial charge in [0.1, 0.15) is 13.5 Å². The van der Waals surface area contributed by atoms with Crippen LogP contribution in [0.15, 0.2) is 30.3 Å². The number of rotatable bonds is 9. The van der Waals surface area contributed by atoms with Crippen LogP contribution < -0.4 is 5.31 Å². The molecule has 0 saturated carbocycles. The first kappa shape index (κ1) is 14.6. The largest absolute Gasteiger partial charge is 0.480 e. The summed E-state index contributed by atoms with van der Waals surface area (Å²) in [6, 6.07) is 2.25. The molecule has 3 atom stereocenters. The van der Waals surface area contributed by atoms with Crippen LogP contribution in [0.3, 0.4) is 0 Å². The Bertz CT molecular complexity index is 830. The molecule has 1 aromatic rings. The smallest absolute Gasteiger partial charge is 0.326 e. The van der Waals surface area contributed by atoms with E-state index in [1.807, 2.05) is 6.07 Å². The highest BCUT2D eigenvalue weighted by molar-refractivity contribution is 5.88. The molecule has 1 unspecified atom stereocenters. The third-order valence-corrected chi connectivity index (χ3v) is 4.24. The summed E-state index contributed by atoms with van der Waals surface area (Å²) in [5.41, 5.74) is 0.834. The standard InChI is InChI=1S/C20H28N2O5/c1-3-27-20(26)16(12-11-15-8-5-4-6-9-15)21-14(2)18(23)22-13-7-10-17(22)19(24)25/h4-6,8-9,14,16-17,21H,3,7,10-13H2,1-2H3,(H,24,25)/t14?,16-,17-/m0/s1/i2D2,14D,17D/hD. The quantitative estimate of drug-likeness (QED) is 0.631. The molecular formula is C20H28N2O5. The Labute approximate surface area is 166 Å². The number of carbonyl (C=O) groups excluding carboxylic acids is 2. The fraction of sp³-hybridized carbons (Fsp3) is 0.550. The molecule has 0 aromatic heterocycles. The van der Waals surface area contributed by atoms with Gasteiger partial charge in [0.15, 0.2) is 0 Å².